The number of ether oxygens (including phenoxy) is 2. The molecule has 0 spiro atoms. The Balaban J connectivity index is 1.71. The number of hydrogen-bond acceptors (Lipinski definition) is 6. The zero-order valence-corrected chi connectivity index (χ0v) is 23.4. The number of aryl methyl sites for hydroxylation is 2. The van der Waals surface area contributed by atoms with Crippen molar-refractivity contribution in [3.05, 3.63) is 122 Å². The minimum Gasteiger partial charge on any atom is -0.465 e. The molecule has 1 aromatic heterocycles. The van der Waals surface area contributed by atoms with Gasteiger partial charge in [0.05, 0.1) is 37.6 Å². The molecule has 206 valence electrons. The van der Waals surface area contributed by atoms with Gasteiger partial charge in [0.15, 0.2) is 0 Å². The van der Waals surface area contributed by atoms with Crippen LogP contribution in [0.3, 0.4) is 0 Å². The molecule has 0 aliphatic heterocycles. The van der Waals surface area contributed by atoms with Crippen molar-refractivity contribution in [2.24, 2.45) is 0 Å². The van der Waals surface area contributed by atoms with E-state index in [0.717, 1.165) is 35.2 Å². The third-order valence-electron chi connectivity index (χ3n) is 7.04. The predicted molar refractivity (Wildman–Crippen MR) is 155 cm³/mol. The van der Waals surface area contributed by atoms with E-state index in [-0.39, 0.29) is 18.1 Å². The van der Waals surface area contributed by atoms with E-state index >= 15 is 0 Å². The van der Waals surface area contributed by atoms with Crippen molar-refractivity contribution in [1.82, 2.24) is 9.55 Å². The summed E-state index contributed by atoms with van der Waals surface area (Å²) < 4.78 is 11.5. The number of rotatable bonds is 10. The summed E-state index contributed by atoms with van der Waals surface area (Å²) in [6.07, 6.45) is 3.05. The lowest BCUT2D eigenvalue weighted by Crippen LogP contribution is -2.30. The standard InChI is InChI=1S/C33H34N2O5/c1-5-6-15-30-29(20-23-16-18-24(19-17-23)26-12-9-10-14-28(26)33(38)40-4)31(36)35(22(2)34-30)21-25-11-7-8-13-27(25)32(37)39-3/h7-14,16-19H,5-6,15,20-21H2,1-4H3. The maximum absolute atomic E-state index is 13.9. The van der Waals surface area contributed by atoms with Crippen molar-refractivity contribution in [3.63, 3.8) is 0 Å². The first-order chi connectivity index (χ1) is 19.4. The lowest BCUT2D eigenvalue weighted by molar-refractivity contribution is 0.0591. The average Bonchev–Trinajstić information content (AvgIpc) is 2.99. The van der Waals surface area contributed by atoms with Crippen molar-refractivity contribution in [2.75, 3.05) is 14.2 Å². The zero-order chi connectivity index (χ0) is 28.6. The van der Waals surface area contributed by atoms with E-state index in [1.54, 1.807) is 28.8 Å². The van der Waals surface area contributed by atoms with E-state index in [2.05, 4.69) is 6.92 Å². The molecule has 0 saturated heterocycles. The molecule has 0 aliphatic rings. The zero-order valence-electron chi connectivity index (χ0n) is 23.4. The second kappa shape index (κ2) is 13.0. The predicted octanol–water partition coefficient (Wildman–Crippen LogP) is 5.77. The van der Waals surface area contributed by atoms with Crippen LogP contribution in [0.2, 0.25) is 0 Å². The van der Waals surface area contributed by atoms with Crippen LogP contribution in [0.5, 0.6) is 0 Å². The Labute approximate surface area is 234 Å². The Morgan fingerprint density at radius 1 is 0.850 bits per heavy atom. The first-order valence-electron chi connectivity index (χ1n) is 13.4. The molecule has 0 N–H and O–H groups in total. The Morgan fingerprint density at radius 2 is 1.48 bits per heavy atom. The molecule has 0 fully saturated rings. The van der Waals surface area contributed by atoms with Gasteiger partial charge in [-0.05, 0) is 54.2 Å². The van der Waals surface area contributed by atoms with Crippen LogP contribution in [-0.2, 0) is 28.9 Å². The summed E-state index contributed by atoms with van der Waals surface area (Å²) >= 11 is 0. The van der Waals surface area contributed by atoms with Crippen molar-refractivity contribution >= 4 is 11.9 Å². The summed E-state index contributed by atoms with van der Waals surface area (Å²) in [6.45, 7) is 4.16. The molecule has 0 bridgehead atoms. The van der Waals surface area contributed by atoms with E-state index in [1.165, 1.54) is 14.2 Å². The van der Waals surface area contributed by atoms with Crippen molar-refractivity contribution in [2.45, 2.75) is 46.1 Å². The summed E-state index contributed by atoms with van der Waals surface area (Å²) in [5.74, 6) is -0.225. The summed E-state index contributed by atoms with van der Waals surface area (Å²) in [7, 11) is 2.72. The highest BCUT2D eigenvalue weighted by Crippen LogP contribution is 2.25. The van der Waals surface area contributed by atoms with Gasteiger partial charge >= 0.3 is 11.9 Å². The Kier molecular flexibility index (Phi) is 9.27. The molecule has 0 amide bonds. The van der Waals surface area contributed by atoms with Crippen LogP contribution in [0, 0.1) is 6.92 Å². The molecule has 3 aromatic carbocycles. The molecule has 0 saturated carbocycles. The van der Waals surface area contributed by atoms with Crippen molar-refractivity contribution < 1.29 is 19.1 Å². The van der Waals surface area contributed by atoms with E-state index in [4.69, 9.17) is 14.5 Å². The van der Waals surface area contributed by atoms with Crippen LogP contribution in [0.15, 0.2) is 77.6 Å². The van der Waals surface area contributed by atoms with E-state index in [0.29, 0.717) is 40.9 Å². The maximum Gasteiger partial charge on any atom is 0.338 e. The quantitative estimate of drug-likeness (QED) is 0.238. The van der Waals surface area contributed by atoms with E-state index in [9.17, 15) is 14.4 Å². The van der Waals surface area contributed by atoms with E-state index in [1.807, 2.05) is 55.5 Å². The van der Waals surface area contributed by atoms with Gasteiger partial charge in [-0.15, -0.1) is 0 Å². The van der Waals surface area contributed by atoms with Gasteiger partial charge in [-0.2, -0.15) is 0 Å². The van der Waals surface area contributed by atoms with Crippen molar-refractivity contribution in [1.29, 1.82) is 0 Å². The molecule has 7 heteroatoms. The first kappa shape index (κ1) is 28.5. The molecule has 1 heterocycles. The van der Waals surface area contributed by atoms with Crippen LogP contribution in [-0.4, -0.2) is 35.7 Å². The second-order valence-electron chi connectivity index (χ2n) is 9.64. The van der Waals surface area contributed by atoms with Gasteiger partial charge < -0.3 is 9.47 Å². The topological polar surface area (TPSA) is 87.5 Å². The molecule has 0 atom stereocenters. The summed E-state index contributed by atoms with van der Waals surface area (Å²) in [5, 5.41) is 0. The monoisotopic (exact) mass is 538 g/mol. The Bertz CT molecular complexity index is 1570. The SMILES string of the molecule is CCCCc1nc(C)n(Cc2ccccc2C(=O)OC)c(=O)c1Cc1ccc(-c2ccccc2C(=O)OC)cc1. The molecular formula is C33H34N2O5. The normalized spacial score (nSPS) is 10.8. The van der Waals surface area contributed by atoms with Gasteiger partial charge in [-0.25, -0.2) is 14.6 Å². The highest BCUT2D eigenvalue weighted by molar-refractivity contribution is 5.97. The molecular weight excluding hydrogens is 504 g/mol. The van der Waals surface area contributed by atoms with Gasteiger partial charge in [0.2, 0.25) is 0 Å². The lowest BCUT2D eigenvalue weighted by Gasteiger charge is -2.17. The minimum atomic E-state index is -0.442. The maximum atomic E-state index is 13.9. The highest BCUT2D eigenvalue weighted by atomic mass is 16.5. The number of hydrogen-bond donors (Lipinski definition) is 0. The smallest absolute Gasteiger partial charge is 0.338 e. The number of carbonyl (C=O) groups excluding carboxylic acids is 2. The fourth-order valence-corrected chi connectivity index (χ4v) is 4.84. The lowest BCUT2D eigenvalue weighted by atomic mass is 9.96. The largest absolute Gasteiger partial charge is 0.465 e. The molecule has 0 unspecified atom stereocenters. The summed E-state index contributed by atoms with van der Waals surface area (Å²) in [6, 6.07) is 22.3. The molecule has 40 heavy (non-hydrogen) atoms. The number of esters is 2. The average molecular weight is 539 g/mol. The fraction of sp³-hybridized carbons (Fsp3) is 0.273. The molecule has 4 rings (SSSR count). The van der Waals surface area contributed by atoms with Gasteiger partial charge in [0.25, 0.3) is 5.56 Å². The number of benzene rings is 3. The first-order valence-corrected chi connectivity index (χ1v) is 13.4. The van der Waals surface area contributed by atoms with Crippen LogP contribution in [0.4, 0.5) is 0 Å². The summed E-state index contributed by atoms with van der Waals surface area (Å²) in [5.41, 5.74) is 5.59. The Hall–Kier alpha value is -4.52. The van der Waals surface area contributed by atoms with Crippen LogP contribution < -0.4 is 5.56 Å². The molecule has 0 aliphatic carbocycles. The fourth-order valence-electron chi connectivity index (χ4n) is 4.84. The minimum absolute atomic E-state index is 0.113. The van der Waals surface area contributed by atoms with Crippen LogP contribution >= 0.6 is 0 Å². The Morgan fingerprint density at radius 3 is 2.15 bits per heavy atom. The molecule has 4 aromatic rings. The van der Waals surface area contributed by atoms with Gasteiger partial charge in [-0.3, -0.25) is 9.36 Å². The van der Waals surface area contributed by atoms with Gasteiger partial charge in [0, 0.05) is 12.0 Å². The van der Waals surface area contributed by atoms with E-state index < -0.39 is 5.97 Å². The van der Waals surface area contributed by atoms with Crippen LogP contribution in [0.1, 0.15) is 68.7 Å². The van der Waals surface area contributed by atoms with Gasteiger partial charge in [0.1, 0.15) is 5.82 Å². The number of aromatic nitrogens is 2. The number of methoxy groups -OCH3 is 2. The molecule has 7 nitrogen and oxygen atoms in total. The van der Waals surface area contributed by atoms with Gasteiger partial charge in [-0.1, -0.05) is 74.0 Å². The van der Waals surface area contributed by atoms with Crippen LogP contribution in [0.25, 0.3) is 11.1 Å². The highest BCUT2D eigenvalue weighted by Gasteiger charge is 2.19. The number of carbonyl (C=O) groups is 2. The molecule has 0 radical (unpaired) electrons. The van der Waals surface area contributed by atoms with Crippen molar-refractivity contribution in [3.8, 4) is 11.1 Å². The third kappa shape index (κ3) is 6.20. The number of nitrogens with zero attached hydrogens (tertiary/aromatic N) is 2. The number of unbranched alkanes of at least 4 members (excludes halogenated alkanes) is 1. The third-order valence-corrected chi connectivity index (χ3v) is 7.04. The summed E-state index contributed by atoms with van der Waals surface area (Å²) in [4.78, 5) is 43.4. The second-order valence-corrected chi connectivity index (χ2v) is 9.64.